The van der Waals surface area contributed by atoms with Crippen LogP contribution in [-0.2, 0) is 6.54 Å². The van der Waals surface area contributed by atoms with Crippen molar-refractivity contribution in [1.82, 2.24) is 24.7 Å². The number of nitrogens with one attached hydrogen (secondary N) is 1. The highest BCUT2D eigenvalue weighted by molar-refractivity contribution is 5.86. The molecule has 5 aromatic rings. The quantitative estimate of drug-likeness (QED) is 0.455. The summed E-state index contributed by atoms with van der Waals surface area (Å²) in [4.78, 5) is 8.75. The van der Waals surface area contributed by atoms with E-state index >= 15 is 0 Å². The lowest BCUT2D eigenvalue weighted by molar-refractivity contribution is 0.276. The maximum atomic E-state index is 6.32. The van der Waals surface area contributed by atoms with Crippen LogP contribution in [0.2, 0.25) is 0 Å². The van der Waals surface area contributed by atoms with Gasteiger partial charge >= 0.3 is 0 Å². The molecule has 150 valence electrons. The molecule has 1 atom stereocenters. The number of pyridine rings is 1. The van der Waals surface area contributed by atoms with Crippen LogP contribution in [-0.4, -0.2) is 37.4 Å². The van der Waals surface area contributed by atoms with Gasteiger partial charge in [-0.3, -0.25) is 10.1 Å². The molecule has 0 aliphatic rings. The molecule has 0 fully saturated rings. The van der Waals surface area contributed by atoms with Crippen LogP contribution in [0, 0.1) is 6.92 Å². The lowest BCUT2D eigenvalue weighted by atomic mass is 10.0. The number of H-pyrrole nitrogens is 1. The smallest absolute Gasteiger partial charge is 0.138 e. The van der Waals surface area contributed by atoms with Crippen molar-refractivity contribution in [2.24, 2.45) is 5.73 Å². The van der Waals surface area contributed by atoms with Gasteiger partial charge in [0.15, 0.2) is 0 Å². The number of ether oxygens (including phenoxy) is 1. The molecule has 0 radical (unpaired) electrons. The highest BCUT2D eigenvalue weighted by Gasteiger charge is 2.10. The van der Waals surface area contributed by atoms with Crippen molar-refractivity contribution in [3.8, 4) is 16.9 Å². The number of para-hydroxylation sites is 2. The maximum absolute atomic E-state index is 6.32. The molecule has 2 aromatic carbocycles. The van der Waals surface area contributed by atoms with Crippen LogP contribution in [0.3, 0.4) is 0 Å². The number of nitrogens with zero attached hydrogens (tertiary/aromatic N) is 4. The minimum atomic E-state index is -0.170. The van der Waals surface area contributed by atoms with Gasteiger partial charge in [-0.1, -0.05) is 18.2 Å². The number of aromatic amines is 1. The molecule has 0 aliphatic carbocycles. The van der Waals surface area contributed by atoms with Gasteiger partial charge in [0.2, 0.25) is 0 Å². The highest BCUT2D eigenvalue weighted by Crippen LogP contribution is 2.27. The SMILES string of the molecule is Cc1[nH]nc2ccc(-c3cncc(OC[C@@H](N)Cn4cnc5ccccc54)c3)cc12. The average Bonchev–Trinajstić information content (AvgIpc) is 3.36. The molecule has 3 heterocycles. The molecule has 7 heteroatoms. The van der Waals surface area contributed by atoms with E-state index in [9.17, 15) is 0 Å². The number of hydrogen-bond donors (Lipinski definition) is 2. The second kappa shape index (κ2) is 7.61. The molecule has 3 aromatic heterocycles. The molecule has 0 amide bonds. The van der Waals surface area contributed by atoms with Gasteiger partial charge in [0, 0.05) is 29.4 Å². The van der Waals surface area contributed by atoms with Gasteiger partial charge in [-0.05, 0) is 42.8 Å². The molecule has 0 spiro atoms. The largest absolute Gasteiger partial charge is 0.490 e. The lowest BCUT2D eigenvalue weighted by Gasteiger charge is -2.15. The Kier molecular flexibility index (Phi) is 4.65. The normalized spacial score (nSPS) is 12.5. The number of benzene rings is 2. The monoisotopic (exact) mass is 398 g/mol. The van der Waals surface area contributed by atoms with Crippen molar-refractivity contribution < 1.29 is 4.74 Å². The first-order chi connectivity index (χ1) is 14.7. The minimum absolute atomic E-state index is 0.170. The van der Waals surface area contributed by atoms with E-state index in [0.29, 0.717) is 18.9 Å². The number of aromatic nitrogens is 5. The van der Waals surface area contributed by atoms with Crippen LogP contribution in [0.4, 0.5) is 0 Å². The third-order valence-corrected chi connectivity index (χ3v) is 5.21. The number of nitrogens with two attached hydrogens (primary N) is 1. The van der Waals surface area contributed by atoms with Gasteiger partial charge in [0.05, 0.1) is 35.1 Å². The molecule has 0 saturated heterocycles. The summed E-state index contributed by atoms with van der Waals surface area (Å²) in [6.07, 6.45) is 5.37. The summed E-state index contributed by atoms with van der Waals surface area (Å²) in [7, 11) is 0. The van der Waals surface area contributed by atoms with E-state index in [2.05, 4.69) is 30.8 Å². The van der Waals surface area contributed by atoms with Crippen LogP contribution in [0.15, 0.2) is 67.3 Å². The van der Waals surface area contributed by atoms with Crippen molar-refractivity contribution in [2.45, 2.75) is 19.5 Å². The Labute approximate surface area is 173 Å². The number of hydrogen-bond acceptors (Lipinski definition) is 5. The van der Waals surface area contributed by atoms with E-state index in [0.717, 1.165) is 38.8 Å². The Balaban J connectivity index is 1.29. The van der Waals surface area contributed by atoms with Gasteiger partial charge in [0.1, 0.15) is 12.4 Å². The predicted octanol–water partition coefficient (Wildman–Crippen LogP) is 3.69. The molecule has 7 nitrogen and oxygen atoms in total. The van der Waals surface area contributed by atoms with E-state index in [4.69, 9.17) is 10.5 Å². The number of aryl methyl sites for hydroxylation is 1. The number of imidazole rings is 1. The predicted molar refractivity (Wildman–Crippen MR) is 117 cm³/mol. The molecule has 30 heavy (non-hydrogen) atoms. The Morgan fingerprint density at radius 2 is 1.97 bits per heavy atom. The zero-order valence-electron chi connectivity index (χ0n) is 16.6. The van der Waals surface area contributed by atoms with Crippen molar-refractivity contribution in [3.63, 3.8) is 0 Å². The van der Waals surface area contributed by atoms with Crippen LogP contribution < -0.4 is 10.5 Å². The minimum Gasteiger partial charge on any atom is -0.490 e. The van der Waals surface area contributed by atoms with Crippen molar-refractivity contribution in [2.75, 3.05) is 6.61 Å². The summed E-state index contributed by atoms with van der Waals surface area (Å²) in [5.41, 5.74) is 12.4. The lowest BCUT2D eigenvalue weighted by Crippen LogP contribution is -2.32. The first-order valence-electron chi connectivity index (χ1n) is 9.86. The Morgan fingerprint density at radius 1 is 1.07 bits per heavy atom. The first-order valence-corrected chi connectivity index (χ1v) is 9.86. The molecule has 0 saturated carbocycles. The summed E-state index contributed by atoms with van der Waals surface area (Å²) in [5, 5.41) is 8.41. The van der Waals surface area contributed by atoms with Gasteiger partial charge < -0.3 is 15.0 Å². The summed E-state index contributed by atoms with van der Waals surface area (Å²) >= 11 is 0. The van der Waals surface area contributed by atoms with Gasteiger partial charge in [-0.25, -0.2) is 4.98 Å². The van der Waals surface area contributed by atoms with E-state index in [1.165, 1.54) is 0 Å². The molecule has 0 unspecified atom stereocenters. The van der Waals surface area contributed by atoms with E-state index in [1.54, 1.807) is 6.20 Å². The fraction of sp³-hybridized carbons (Fsp3) is 0.174. The second-order valence-corrected chi connectivity index (χ2v) is 7.45. The third-order valence-electron chi connectivity index (χ3n) is 5.21. The first kappa shape index (κ1) is 18.3. The summed E-state index contributed by atoms with van der Waals surface area (Å²) < 4.78 is 8.00. The van der Waals surface area contributed by atoms with Crippen molar-refractivity contribution >= 4 is 21.9 Å². The van der Waals surface area contributed by atoms with Gasteiger partial charge in [-0.2, -0.15) is 5.10 Å². The third kappa shape index (κ3) is 3.51. The van der Waals surface area contributed by atoms with Crippen LogP contribution >= 0.6 is 0 Å². The van der Waals surface area contributed by atoms with Gasteiger partial charge in [0.25, 0.3) is 0 Å². The fourth-order valence-electron chi connectivity index (χ4n) is 3.64. The van der Waals surface area contributed by atoms with Crippen molar-refractivity contribution in [3.05, 3.63) is 72.9 Å². The van der Waals surface area contributed by atoms with Crippen molar-refractivity contribution in [1.29, 1.82) is 0 Å². The van der Waals surface area contributed by atoms with E-state index in [-0.39, 0.29) is 6.04 Å². The zero-order valence-corrected chi connectivity index (χ0v) is 16.6. The Morgan fingerprint density at radius 3 is 2.90 bits per heavy atom. The Hall–Kier alpha value is -3.71. The molecular weight excluding hydrogens is 376 g/mol. The topological polar surface area (TPSA) is 94.6 Å². The fourth-order valence-corrected chi connectivity index (χ4v) is 3.64. The van der Waals surface area contributed by atoms with Crippen LogP contribution in [0.1, 0.15) is 5.69 Å². The maximum Gasteiger partial charge on any atom is 0.138 e. The molecule has 0 bridgehead atoms. The van der Waals surface area contributed by atoms with Crippen LogP contribution in [0.5, 0.6) is 5.75 Å². The summed E-state index contributed by atoms with van der Waals surface area (Å²) in [6.45, 7) is 3.03. The van der Waals surface area contributed by atoms with E-state index < -0.39 is 0 Å². The number of rotatable bonds is 6. The summed E-state index contributed by atoms with van der Waals surface area (Å²) in [5.74, 6) is 0.697. The average molecular weight is 398 g/mol. The highest BCUT2D eigenvalue weighted by atomic mass is 16.5. The molecule has 0 aliphatic heterocycles. The summed E-state index contributed by atoms with van der Waals surface area (Å²) in [6, 6.07) is 16.0. The second-order valence-electron chi connectivity index (χ2n) is 7.45. The molecule has 5 rings (SSSR count). The van der Waals surface area contributed by atoms with E-state index in [1.807, 2.05) is 61.9 Å². The zero-order chi connectivity index (χ0) is 20.5. The molecule has 3 N–H and O–H groups in total. The molecular formula is C23H22N6O. The standard InChI is InChI=1S/C23H22N6O/c1-15-20-9-16(6-7-21(20)28-27-15)17-8-19(11-25-10-17)30-13-18(24)12-29-14-26-22-4-2-3-5-23(22)29/h2-11,14,18H,12-13,24H2,1H3,(H,27,28)/t18-/m0/s1. The number of fused-ring (bicyclic) bond motifs is 2. The van der Waals surface area contributed by atoms with Crippen LogP contribution in [0.25, 0.3) is 33.1 Å². The van der Waals surface area contributed by atoms with Gasteiger partial charge in [-0.15, -0.1) is 0 Å². The Bertz CT molecular complexity index is 1320.